The first-order valence-electron chi connectivity index (χ1n) is 7.98. The molecule has 1 amide bonds. The van der Waals surface area contributed by atoms with Crippen molar-refractivity contribution in [3.8, 4) is 11.5 Å². The van der Waals surface area contributed by atoms with E-state index in [4.69, 9.17) is 9.47 Å². The van der Waals surface area contributed by atoms with Gasteiger partial charge in [0.05, 0.1) is 7.11 Å². The van der Waals surface area contributed by atoms with E-state index in [0.717, 1.165) is 17.7 Å². The van der Waals surface area contributed by atoms with Crippen molar-refractivity contribution in [3.63, 3.8) is 0 Å². The van der Waals surface area contributed by atoms with Gasteiger partial charge in [0, 0.05) is 18.3 Å². The van der Waals surface area contributed by atoms with Gasteiger partial charge < -0.3 is 19.5 Å². The van der Waals surface area contributed by atoms with Crippen LogP contribution in [0.3, 0.4) is 0 Å². The summed E-state index contributed by atoms with van der Waals surface area (Å²) in [5, 5.41) is 9.91. The molecule has 0 saturated carbocycles. The predicted molar refractivity (Wildman–Crippen MR) is 92.0 cm³/mol. The van der Waals surface area contributed by atoms with Gasteiger partial charge in [-0.15, -0.1) is 0 Å². The molecule has 0 aromatic heterocycles. The summed E-state index contributed by atoms with van der Waals surface area (Å²) in [7, 11) is 1.46. The summed E-state index contributed by atoms with van der Waals surface area (Å²) in [5.41, 5.74) is 1.94. The summed E-state index contributed by atoms with van der Waals surface area (Å²) in [6.07, 6.45) is -0.179. The number of rotatable bonds is 4. The van der Waals surface area contributed by atoms with Gasteiger partial charge in [0.1, 0.15) is 17.1 Å². The van der Waals surface area contributed by atoms with Crippen molar-refractivity contribution in [3.05, 3.63) is 53.6 Å². The Morgan fingerprint density at radius 3 is 2.68 bits per heavy atom. The molecule has 6 nitrogen and oxygen atoms in total. The van der Waals surface area contributed by atoms with Crippen LogP contribution in [0.25, 0.3) is 0 Å². The molecule has 0 bridgehead atoms. The van der Waals surface area contributed by atoms with E-state index in [-0.39, 0.29) is 17.2 Å². The van der Waals surface area contributed by atoms with Crippen molar-refractivity contribution in [2.75, 3.05) is 18.6 Å². The summed E-state index contributed by atoms with van der Waals surface area (Å²) in [4.78, 5) is 26.5. The lowest BCUT2D eigenvalue weighted by atomic mass is 10.2. The van der Waals surface area contributed by atoms with Crippen LogP contribution in [0, 0.1) is 0 Å². The standard InChI is InChI=1S/C19H19NO5/c1-12(18(22)20-10-9-13-5-3-4-6-16(13)20)25-19(23)15-8-7-14(24-2)11-17(15)21/h3-8,11-12,21H,9-10H2,1-2H3/t12-/m0/s1. The van der Waals surface area contributed by atoms with Gasteiger partial charge in [-0.2, -0.15) is 0 Å². The third-order valence-corrected chi connectivity index (χ3v) is 4.21. The molecular formula is C19H19NO5. The number of nitrogens with zero attached hydrogens (tertiary/aromatic N) is 1. The number of methoxy groups -OCH3 is 1. The quantitative estimate of drug-likeness (QED) is 0.865. The highest BCUT2D eigenvalue weighted by Gasteiger charge is 2.30. The lowest BCUT2D eigenvalue weighted by molar-refractivity contribution is -0.126. The summed E-state index contributed by atoms with van der Waals surface area (Å²) in [6, 6.07) is 11.9. The van der Waals surface area contributed by atoms with Crippen LogP contribution in [0.15, 0.2) is 42.5 Å². The van der Waals surface area contributed by atoms with E-state index >= 15 is 0 Å². The van der Waals surface area contributed by atoms with Gasteiger partial charge in [-0.1, -0.05) is 18.2 Å². The first-order valence-corrected chi connectivity index (χ1v) is 7.98. The average molecular weight is 341 g/mol. The largest absolute Gasteiger partial charge is 0.507 e. The number of fused-ring (bicyclic) bond motifs is 1. The van der Waals surface area contributed by atoms with Crippen LogP contribution in [0.1, 0.15) is 22.8 Å². The molecule has 25 heavy (non-hydrogen) atoms. The Kier molecular flexibility index (Phi) is 4.61. The van der Waals surface area contributed by atoms with Gasteiger partial charge in [-0.25, -0.2) is 4.79 Å². The number of phenolic OH excluding ortho intramolecular Hbond substituents is 1. The number of phenols is 1. The Morgan fingerprint density at radius 2 is 1.96 bits per heavy atom. The Balaban J connectivity index is 1.71. The van der Waals surface area contributed by atoms with Gasteiger partial charge in [0.25, 0.3) is 5.91 Å². The number of aromatic hydroxyl groups is 1. The van der Waals surface area contributed by atoms with Crippen molar-refractivity contribution < 1.29 is 24.2 Å². The third-order valence-electron chi connectivity index (χ3n) is 4.21. The highest BCUT2D eigenvalue weighted by molar-refractivity contribution is 6.00. The van der Waals surface area contributed by atoms with E-state index in [9.17, 15) is 14.7 Å². The molecule has 0 fully saturated rings. The number of hydrogen-bond donors (Lipinski definition) is 1. The minimum atomic E-state index is -0.958. The first-order chi connectivity index (χ1) is 12.0. The molecule has 1 N–H and O–H groups in total. The van der Waals surface area contributed by atoms with Gasteiger partial charge in [-0.05, 0) is 37.1 Å². The molecule has 0 aliphatic carbocycles. The maximum Gasteiger partial charge on any atom is 0.342 e. The van der Waals surface area contributed by atoms with Crippen LogP contribution in [-0.2, 0) is 16.0 Å². The monoisotopic (exact) mass is 341 g/mol. The first kappa shape index (κ1) is 16.8. The Morgan fingerprint density at radius 1 is 1.20 bits per heavy atom. The fraction of sp³-hybridized carbons (Fsp3) is 0.263. The molecule has 0 saturated heterocycles. The SMILES string of the molecule is COc1ccc(C(=O)O[C@@H](C)C(=O)N2CCc3ccccc32)c(O)c1. The lowest BCUT2D eigenvalue weighted by Gasteiger charge is -2.21. The zero-order valence-corrected chi connectivity index (χ0v) is 14.1. The fourth-order valence-electron chi connectivity index (χ4n) is 2.87. The number of amides is 1. The fourth-order valence-corrected chi connectivity index (χ4v) is 2.87. The van der Waals surface area contributed by atoms with E-state index in [1.807, 2.05) is 24.3 Å². The average Bonchev–Trinajstić information content (AvgIpc) is 3.04. The topological polar surface area (TPSA) is 76.1 Å². The number of ether oxygens (including phenoxy) is 2. The molecule has 1 aliphatic heterocycles. The van der Waals surface area contributed by atoms with E-state index in [0.29, 0.717) is 12.3 Å². The predicted octanol–water partition coefficient (Wildman–Crippen LogP) is 2.54. The van der Waals surface area contributed by atoms with Gasteiger partial charge in [-0.3, -0.25) is 4.79 Å². The Labute approximate surface area is 145 Å². The molecule has 0 unspecified atom stereocenters. The van der Waals surface area contributed by atoms with E-state index in [2.05, 4.69) is 0 Å². The van der Waals surface area contributed by atoms with Crippen molar-refractivity contribution in [1.29, 1.82) is 0 Å². The maximum atomic E-state index is 12.6. The minimum Gasteiger partial charge on any atom is -0.507 e. The second-order valence-electron chi connectivity index (χ2n) is 5.80. The van der Waals surface area contributed by atoms with E-state index in [1.54, 1.807) is 11.0 Å². The zero-order valence-electron chi connectivity index (χ0n) is 14.1. The smallest absolute Gasteiger partial charge is 0.342 e. The highest BCUT2D eigenvalue weighted by atomic mass is 16.5. The molecule has 2 aromatic carbocycles. The maximum absolute atomic E-state index is 12.6. The van der Waals surface area contributed by atoms with Crippen LogP contribution >= 0.6 is 0 Å². The molecular weight excluding hydrogens is 322 g/mol. The normalized spacial score (nSPS) is 13.9. The van der Waals surface area contributed by atoms with Crippen LogP contribution in [0.5, 0.6) is 11.5 Å². The Bertz CT molecular complexity index is 817. The van der Waals surface area contributed by atoms with Gasteiger partial charge in [0.15, 0.2) is 6.10 Å². The second kappa shape index (κ2) is 6.84. The van der Waals surface area contributed by atoms with Crippen molar-refractivity contribution in [2.24, 2.45) is 0 Å². The van der Waals surface area contributed by atoms with E-state index < -0.39 is 12.1 Å². The number of esters is 1. The van der Waals surface area contributed by atoms with Crippen molar-refractivity contribution >= 4 is 17.6 Å². The van der Waals surface area contributed by atoms with Crippen LogP contribution in [0.4, 0.5) is 5.69 Å². The zero-order chi connectivity index (χ0) is 18.0. The number of hydrogen-bond acceptors (Lipinski definition) is 5. The summed E-state index contributed by atoms with van der Waals surface area (Å²) in [6.45, 7) is 2.09. The molecule has 6 heteroatoms. The number of benzene rings is 2. The van der Waals surface area contributed by atoms with Crippen LogP contribution in [0.2, 0.25) is 0 Å². The highest BCUT2D eigenvalue weighted by Crippen LogP contribution is 2.29. The van der Waals surface area contributed by atoms with Crippen molar-refractivity contribution in [2.45, 2.75) is 19.4 Å². The van der Waals surface area contributed by atoms with Gasteiger partial charge >= 0.3 is 5.97 Å². The lowest BCUT2D eigenvalue weighted by Crippen LogP contribution is -2.39. The van der Waals surface area contributed by atoms with Crippen molar-refractivity contribution in [1.82, 2.24) is 0 Å². The summed E-state index contributed by atoms with van der Waals surface area (Å²) < 4.78 is 10.2. The molecule has 1 heterocycles. The van der Waals surface area contributed by atoms with Crippen LogP contribution < -0.4 is 9.64 Å². The second-order valence-corrected chi connectivity index (χ2v) is 5.80. The number of carbonyl (C=O) groups is 2. The van der Waals surface area contributed by atoms with Gasteiger partial charge in [0.2, 0.25) is 0 Å². The van der Waals surface area contributed by atoms with E-state index in [1.165, 1.54) is 26.2 Å². The Hall–Kier alpha value is -3.02. The van der Waals surface area contributed by atoms with Crippen LogP contribution in [-0.4, -0.2) is 36.7 Å². The molecule has 1 aliphatic rings. The molecule has 0 spiro atoms. The number of anilines is 1. The molecule has 2 aromatic rings. The third kappa shape index (κ3) is 3.28. The number of carbonyl (C=O) groups excluding carboxylic acids is 2. The molecule has 130 valence electrons. The molecule has 3 rings (SSSR count). The minimum absolute atomic E-state index is 0.0118. The molecule has 1 atom stereocenters. The number of para-hydroxylation sites is 1. The summed E-state index contributed by atoms with van der Waals surface area (Å²) >= 11 is 0. The molecule has 0 radical (unpaired) electrons. The summed E-state index contributed by atoms with van der Waals surface area (Å²) in [5.74, 6) is -0.873.